The molecular formula is C29H26F2N6O3. The molecule has 2 aromatic heterocycles. The van der Waals surface area contributed by atoms with Crippen molar-refractivity contribution in [3.63, 3.8) is 0 Å². The standard InChI is InChI=1S/C29H26F2N6O3/c1-16(14-40-20-6-7-21-23(11-19-13-32-15-34-19)29(39)37-26(21)12-20)35-27-22(4-3-9-33-27)28(38)36-17(2)18-5-8-24(30)25(31)10-18/h3-13,15-17H,14H2,1-2H3,(H,32,34)(H,33,35)(H,36,38)(H,37,39)/b23-11-/t16-,17+/m1/s1. The van der Waals surface area contributed by atoms with Gasteiger partial charge in [0.15, 0.2) is 11.6 Å². The first kappa shape index (κ1) is 26.5. The Kier molecular flexibility index (Phi) is 7.54. The van der Waals surface area contributed by atoms with Gasteiger partial charge in [0, 0.05) is 17.8 Å². The zero-order valence-corrected chi connectivity index (χ0v) is 21.7. The number of imidazole rings is 1. The lowest BCUT2D eigenvalue weighted by Gasteiger charge is -2.19. The molecule has 2 amide bonds. The predicted molar refractivity (Wildman–Crippen MR) is 147 cm³/mol. The number of benzene rings is 2. The fourth-order valence-electron chi connectivity index (χ4n) is 4.25. The van der Waals surface area contributed by atoms with Gasteiger partial charge in [-0.15, -0.1) is 0 Å². The molecule has 0 fully saturated rings. The number of ether oxygens (including phenoxy) is 1. The smallest absolute Gasteiger partial charge is 0.256 e. The molecule has 4 N–H and O–H groups in total. The van der Waals surface area contributed by atoms with Crippen molar-refractivity contribution in [1.29, 1.82) is 0 Å². The van der Waals surface area contributed by atoms with Crippen LogP contribution in [-0.2, 0) is 4.79 Å². The van der Waals surface area contributed by atoms with Crippen LogP contribution in [-0.4, -0.2) is 39.4 Å². The van der Waals surface area contributed by atoms with Gasteiger partial charge in [0.05, 0.1) is 47.1 Å². The minimum atomic E-state index is -0.979. The molecule has 0 aliphatic carbocycles. The van der Waals surface area contributed by atoms with E-state index >= 15 is 0 Å². The molecule has 2 aromatic carbocycles. The number of hydrogen-bond donors (Lipinski definition) is 4. The lowest BCUT2D eigenvalue weighted by molar-refractivity contribution is -0.110. The Balaban J connectivity index is 1.21. The van der Waals surface area contributed by atoms with Gasteiger partial charge < -0.3 is 25.7 Å². The van der Waals surface area contributed by atoms with Crippen LogP contribution in [0.1, 0.15) is 47.1 Å². The van der Waals surface area contributed by atoms with Crippen molar-refractivity contribution in [1.82, 2.24) is 20.3 Å². The van der Waals surface area contributed by atoms with E-state index in [1.807, 2.05) is 13.0 Å². The van der Waals surface area contributed by atoms with Gasteiger partial charge >= 0.3 is 0 Å². The number of fused-ring (bicyclic) bond motifs is 1. The van der Waals surface area contributed by atoms with E-state index in [1.165, 1.54) is 6.07 Å². The molecule has 0 spiro atoms. The van der Waals surface area contributed by atoms with Crippen molar-refractivity contribution in [3.05, 3.63) is 101 Å². The van der Waals surface area contributed by atoms with Gasteiger partial charge in [0.25, 0.3) is 11.8 Å². The van der Waals surface area contributed by atoms with Crippen LogP contribution in [0, 0.1) is 11.6 Å². The average Bonchev–Trinajstić information content (AvgIpc) is 3.56. The van der Waals surface area contributed by atoms with E-state index in [4.69, 9.17) is 4.74 Å². The molecule has 4 aromatic rings. The SMILES string of the molecule is C[C@H](COc1ccc2c(c1)NC(=O)/C2=C\c1cnc[nH]1)Nc1ncccc1C(=O)N[C@@H](C)c1ccc(F)c(F)c1. The highest BCUT2D eigenvalue weighted by Gasteiger charge is 2.25. The summed E-state index contributed by atoms with van der Waals surface area (Å²) in [4.78, 5) is 36.7. The Labute approximate surface area is 228 Å². The summed E-state index contributed by atoms with van der Waals surface area (Å²) >= 11 is 0. The maximum Gasteiger partial charge on any atom is 0.256 e. The summed E-state index contributed by atoms with van der Waals surface area (Å²) in [6.07, 6.45) is 6.47. The van der Waals surface area contributed by atoms with Gasteiger partial charge in [0.2, 0.25) is 0 Å². The number of carbonyl (C=O) groups excluding carboxylic acids is 2. The molecule has 3 heterocycles. The number of aromatic nitrogens is 3. The number of H-pyrrole nitrogens is 1. The van der Waals surface area contributed by atoms with Crippen LogP contribution < -0.4 is 20.7 Å². The number of nitrogens with zero attached hydrogens (tertiary/aromatic N) is 2. The summed E-state index contributed by atoms with van der Waals surface area (Å²) in [5.74, 6) is -1.65. The van der Waals surface area contributed by atoms with Crippen molar-refractivity contribution in [2.45, 2.75) is 25.9 Å². The third-order valence-electron chi connectivity index (χ3n) is 6.32. The van der Waals surface area contributed by atoms with Crippen molar-refractivity contribution < 1.29 is 23.1 Å². The highest BCUT2D eigenvalue weighted by atomic mass is 19.2. The number of hydrogen-bond acceptors (Lipinski definition) is 6. The number of pyridine rings is 1. The monoisotopic (exact) mass is 544 g/mol. The van der Waals surface area contributed by atoms with Crippen LogP contribution >= 0.6 is 0 Å². The van der Waals surface area contributed by atoms with Crippen molar-refractivity contribution in [3.8, 4) is 5.75 Å². The Morgan fingerprint density at radius 3 is 2.75 bits per heavy atom. The van der Waals surface area contributed by atoms with E-state index in [9.17, 15) is 18.4 Å². The van der Waals surface area contributed by atoms with Gasteiger partial charge in [-0.3, -0.25) is 9.59 Å². The van der Waals surface area contributed by atoms with Crippen LogP contribution in [0.5, 0.6) is 5.75 Å². The van der Waals surface area contributed by atoms with Gasteiger partial charge in [-0.05, 0) is 61.9 Å². The fraction of sp³-hybridized carbons (Fsp3) is 0.172. The molecule has 9 nitrogen and oxygen atoms in total. The van der Waals surface area contributed by atoms with Crippen LogP contribution in [0.3, 0.4) is 0 Å². The number of aromatic amines is 1. The molecule has 0 saturated carbocycles. The van der Waals surface area contributed by atoms with E-state index in [0.717, 1.165) is 23.4 Å². The molecule has 204 valence electrons. The second kappa shape index (κ2) is 11.4. The first-order chi connectivity index (χ1) is 19.3. The highest BCUT2D eigenvalue weighted by Crippen LogP contribution is 2.35. The number of amides is 2. The molecule has 11 heteroatoms. The van der Waals surface area contributed by atoms with Gasteiger partial charge in [-0.25, -0.2) is 18.7 Å². The molecule has 0 saturated heterocycles. The number of rotatable bonds is 9. The molecule has 0 bridgehead atoms. The fourth-order valence-corrected chi connectivity index (χ4v) is 4.25. The van der Waals surface area contributed by atoms with Crippen molar-refractivity contribution in [2.24, 2.45) is 0 Å². The second-order valence-electron chi connectivity index (χ2n) is 9.35. The third-order valence-corrected chi connectivity index (χ3v) is 6.32. The number of carbonyl (C=O) groups is 2. The third kappa shape index (κ3) is 5.83. The Morgan fingerprint density at radius 1 is 1.12 bits per heavy atom. The topological polar surface area (TPSA) is 121 Å². The molecule has 40 heavy (non-hydrogen) atoms. The van der Waals surface area contributed by atoms with Crippen LogP contribution in [0.2, 0.25) is 0 Å². The second-order valence-corrected chi connectivity index (χ2v) is 9.35. The van der Waals surface area contributed by atoms with Crippen LogP contribution in [0.25, 0.3) is 11.6 Å². The first-order valence-electron chi connectivity index (χ1n) is 12.5. The summed E-state index contributed by atoms with van der Waals surface area (Å²) in [7, 11) is 0. The Morgan fingerprint density at radius 2 is 1.98 bits per heavy atom. The van der Waals surface area contributed by atoms with Crippen LogP contribution in [0.15, 0.2) is 67.3 Å². The number of anilines is 2. The van der Waals surface area contributed by atoms with Gasteiger partial charge in [-0.1, -0.05) is 6.07 Å². The summed E-state index contributed by atoms with van der Waals surface area (Å²) < 4.78 is 32.8. The molecule has 1 aliphatic rings. The Hall–Kier alpha value is -5.06. The summed E-state index contributed by atoms with van der Waals surface area (Å²) in [5.41, 5.74) is 3.38. The quantitative estimate of drug-likeness (QED) is 0.222. The largest absolute Gasteiger partial charge is 0.491 e. The zero-order valence-electron chi connectivity index (χ0n) is 21.7. The maximum atomic E-state index is 13.6. The molecule has 0 radical (unpaired) electrons. The summed E-state index contributed by atoms with van der Waals surface area (Å²) in [6, 6.07) is 11.3. The van der Waals surface area contributed by atoms with E-state index in [2.05, 4.69) is 30.9 Å². The van der Waals surface area contributed by atoms with Crippen molar-refractivity contribution in [2.75, 3.05) is 17.2 Å². The van der Waals surface area contributed by atoms with E-state index in [1.54, 1.807) is 56.0 Å². The average molecular weight is 545 g/mol. The highest BCUT2D eigenvalue weighted by molar-refractivity contribution is 6.34. The minimum absolute atomic E-state index is 0.211. The first-order valence-corrected chi connectivity index (χ1v) is 12.5. The lowest BCUT2D eigenvalue weighted by Crippen LogP contribution is -2.30. The normalized spacial score (nSPS) is 14.8. The Bertz CT molecular complexity index is 1590. The summed E-state index contributed by atoms with van der Waals surface area (Å²) in [5, 5.41) is 8.83. The van der Waals surface area contributed by atoms with Gasteiger partial charge in [0.1, 0.15) is 18.2 Å². The molecular weight excluding hydrogens is 518 g/mol. The zero-order chi connectivity index (χ0) is 28.2. The number of halogens is 2. The van der Waals surface area contributed by atoms with E-state index in [0.29, 0.717) is 34.0 Å². The molecule has 2 atom stereocenters. The van der Waals surface area contributed by atoms with E-state index < -0.39 is 23.6 Å². The summed E-state index contributed by atoms with van der Waals surface area (Å²) in [6.45, 7) is 3.80. The lowest BCUT2D eigenvalue weighted by atomic mass is 10.1. The number of nitrogens with one attached hydrogen (secondary N) is 4. The van der Waals surface area contributed by atoms with Crippen LogP contribution in [0.4, 0.5) is 20.3 Å². The van der Waals surface area contributed by atoms with Crippen molar-refractivity contribution >= 4 is 35.0 Å². The van der Waals surface area contributed by atoms with E-state index in [-0.39, 0.29) is 18.6 Å². The molecule has 1 aliphatic heterocycles. The maximum absolute atomic E-state index is 13.6. The predicted octanol–water partition coefficient (Wildman–Crippen LogP) is 4.95. The van der Waals surface area contributed by atoms with Gasteiger partial charge in [-0.2, -0.15) is 0 Å². The molecule has 5 rings (SSSR count). The molecule has 0 unspecified atom stereocenters. The minimum Gasteiger partial charge on any atom is -0.491 e.